The maximum Gasteiger partial charge on any atom is 0.240 e. The summed E-state index contributed by atoms with van der Waals surface area (Å²) in [5.41, 5.74) is 0.725. The third kappa shape index (κ3) is 2.53. The number of nitrogens with zero attached hydrogens (tertiary/aromatic N) is 4. The zero-order valence-electron chi connectivity index (χ0n) is 15.7. The number of hydrogen-bond acceptors (Lipinski definition) is 5. The van der Waals surface area contributed by atoms with Gasteiger partial charge in [0.2, 0.25) is 5.91 Å². The molecule has 1 saturated carbocycles. The third-order valence-electron chi connectivity index (χ3n) is 5.74. The van der Waals surface area contributed by atoms with E-state index in [1.54, 1.807) is 18.5 Å². The molecule has 3 aromatic rings. The fourth-order valence-corrected chi connectivity index (χ4v) is 4.08. The van der Waals surface area contributed by atoms with Gasteiger partial charge in [-0.05, 0) is 51.0 Å². The van der Waals surface area contributed by atoms with Crippen LogP contribution in [0.3, 0.4) is 0 Å². The summed E-state index contributed by atoms with van der Waals surface area (Å²) in [5, 5.41) is 4.30. The van der Waals surface area contributed by atoms with Crippen LogP contribution in [0.5, 0.6) is 0 Å². The van der Waals surface area contributed by atoms with Crippen LogP contribution < -0.4 is 10.2 Å². The van der Waals surface area contributed by atoms with Crippen molar-refractivity contribution in [2.45, 2.75) is 44.2 Å². The molecule has 3 heterocycles. The van der Waals surface area contributed by atoms with E-state index in [9.17, 15) is 9.18 Å². The molecule has 2 aromatic heterocycles. The second-order valence-corrected chi connectivity index (χ2v) is 8.03. The van der Waals surface area contributed by atoms with Crippen molar-refractivity contribution in [3.63, 3.8) is 0 Å². The van der Waals surface area contributed by atoms with Crippen LogP contribution in [0.1, 0.15) is 32.4 Å². The van der Waals surface area contributed by atoms with E-state index in [4.69, 9.17) is 0 Å². The average molecular weight is 377 g/mol. The van der Waals surface area contributed by atoms with E-state index >= 15 is 0 Å². The lowest BCUT2D eigenvalue weighted by Gasteiger charge is -2.41. The number of benzene rings is 1. The summed E-state index contributed by atoms with van der Waals surface area (Å²) in [6.07, 6.45) is 4.88. The smallest absolute Gasteiger partial charge is 0.240 e. The number of rotatable bonds is 3. The summed E-state index contributed by atoms with van der Waals surface area (Å²) in [4.78, 5) is 28.1. The van der Waals surface area contributed by atoms with Crippen molar-refractivity contribution in [2.24, 2.45) is 0 Å². The van der Waals surface area contributed by atoms with Gasteiger partial charge in [0.05, 0.1) is 16.6 Å². The molecule has 5 rings (SSSR count). The van der Waals surface area contributed by atoms with Crippen molar-refractivity contribution in [1.82, 2.24) is 15.0 Å². The summed E-state index contributed by atoms with van der Waals surface area (Å²) >= 11 is 0. The van der Waals surface area contributed by atoms with E-state index in [1.807, 2.05) is 30.9 Å². The van der Waals surface area contributed by atoms with Crippen molar-refractivity contribution < 1.29 is 9.18 Å². The monoisotopic (exact) mass is 377 g/mol. The van der Waals surface area contributed by atoms with E-state index in [0.717, 1.165) is 29.7 Å². The Balaban J connectivity index is 1.31. The van der Waals surface area contributed by atoms with Gasteiger partial charge in [-0.2, -0.15) is 0 Å². The van der Waals surface area contributed by atoms with Crippen molar-refractivity contribution >= 4 is 28.4 Å². The van der Waals surface area contributed by atoms with Gasteiger partial charge in [-0.1, -0.05) is 0 Å². The minimum absolute atomic E-state index is 0.0523. The second kappa shape index (κ2) is 5.95. The molecule has 1 aliphatic carbocycles. The first-order valence-electron chi connectivity index (χ1n) is 9.41. The average Bonchev–Trinajstić information content (AvgIpc) is 2.84. The molecule has 6 nitrogen and oxygen atoms in total. The first-order chi connectivity index (χ1) is 13.4. The molecular formula is C21H20FN5O. The Bertz CT molecular complexity index is 1090. The molecule has 0 radical (unpaired) electrons. The van der Waals surface area contributed by atoms with Crippen LogP contribution in [-0.4, -0.2) is 32.9 Å². The number of hydrogen-bond donors (Lipinski definition) is 1. The highest BCUT2D eigenvalue weighted by Gasteiger charge is 2.51. The van der Waals surface area contributed by atoms with Crippen molar-refractivity contribution in [1.29, 1.82) is 0 Å². The number of carbonyl (C=O) groups is 1. The molecule has 0 saturated heterocycles. The molecule has 0 bridgehead atoms. The Morgan fingerprint density at radius 2 is 1.89 bits per heavy atom. The Kier molecular flexibility index (Phi) is 3.62. The topological polar surface area (TPSA) is 71.0 Å². The van der Waals surface area contributed by atoms with E-state index in [1.165, 1.54) is 12.1 Å². The summed E-state index contributed by atoms with van der Waals surface area (Å²) in [7, 11) is 0. The first-order valence-corrected chi connectivity index (χ1v) is 9.41. The zero-order valence-corrected chi connectivity index (χ0v) is 15.7. The molecule has 28 heavy (non-hydrogen) atoms. The highest BCUT2D eigenvalue weighted by Crippen LogP contribution is 2.43. The van der Waals surface area contributed by atoms with Gasteiger partial charge in [0.1, 0.15) is 11.6 Å². The van der Waals surface area contributed by atoms with Crippen LogP contribution >= 0.6 is 0 Å². The minimum atomic E-state index is -0.647. The number of amides is 1. The van der Waals surface area contributed by atoms with Crippen LogP contribution in [0.2, 0.25) is 0 Å². The van der Waals surface area contributed by atoms with Crippen LogP contribution in [0.4, 0.5) is 16.0 Å². The lowest BCUT2D eigenvalue weighted by molar-refractivity contribution is -0.123. The molecule has 0 unspecified atom stereocenters. The summed E-state index contributed by atoms with van der Waals surface area (Å²) < 4.78 is 13.4. The van der Waals surface area contributed by atoms with Gasteiger partial charge in [-0.3, -0.25) is 14.7 Å². The fraction of sp³-hybridized carbons (Fsp3) is 0.333. The first kappa shape index (κ1) is 17.0. The van der Waals surface area contributed by atoms with Crippen LogP contribution in [0.25, 0.3) is 10.9 Å². The summed E-state index contributed by atoms with van der Waals surface area (Å²) in [6, 6.07) is 8.73. The summed E-state index contributed by atoms with van der Waals surface area (Å²) in [5.74, 6) is 1.15. The predicted octanol–water partition coefficient (Wildman–Crippen LogP) is 3.43. The molecule has 0 atom stereocenters. The Morgan fingerprint density at radius 1 is 1.14 bits per heavy atom. The molecular weight excluding hydrogens is 357 g/mol. The molecule has 2 aliphatic rings. The van der Waals surface area contributed by atoms with Crippen molar-refractivity contribution in [2.75, 3.05) is 10.2 Å². The SMILES string of the molecule is CC1(C)C(=O)N([C@H]2C[C@H](Nc3ccc4ccc(F)cc4n3)C2)c2nccnc21. The van der Waals surface area contributed by atoms with Gasteiger partial charge in [-0.25, -0.2) is 14.4 Å². The number of halogens is 1. The summed E-state index contributed by atoms with van der Waals surface area (Å²) in [6.45, 7) is 3.80. The standard InChI is InChI=1S/C21H20FN5O/c1-21(2)18-19(24-8-7-23-18)27(20(21)28)15-10-14(11-15)25-17-6-4-12-3-5-13(22)9-16(12)26-17/h3-9,14-15H,10-11H2,1-2H3,(H,25,26)/t14-,15-. The van der Waals surface area contributed by atoms with E-state index in [-0.39, 0.29) is 23.8 Å². The minimum Gasteiger partial charge on any atom is -0.367 e. The lowest BCUT2D eigenvalue weighted by Crippen LogP contribution is -2.53. The molecule has 1 fully saturated rings. The molecule has 142 valence electrons. The number of nitrogens with one attached hydrogen (secondary N) is 1. The maximum absolute atomic E-state index is 13.4. The van der Waals surface area contributed by atoms with Gasteiger partial charge >= 0.3 is 0 Å². The number of carbonyl (C=O) groups excluding carboxylic acids is 1. The zero-order chi connectivity index (χ0) is 19.5. The van der Waals surface area contributed by atoms with Crippen LogP contribution in [0, 0.1) is 5.82 Å². The van der Waals surface area contributed by atoms with Gasteiger partial charge in [0, 0.05) is 35.9 Å². The van der Waals surface area contributed by atoms with Gasteiger partial charge in [-0.15, -0.1) is 0 Å². The van der Waals surface area contributed by atoms with Crippen molar-refractivity contribution in [3.05, 3.63) is 54.2 Å². The fourth-order valence-electron chi connectivity index (χ4n) is 4.08. The number of anilines is 2. The van der Waals surface area contributed by atoms with E-state index in [0.29, 0.717) is 11.3 Å². The maximum atomic E-state index is 13.4. The molecule has 1 N–H and O–H groups in total. The quantitative estimate of drug-likeness (QED) is 0.757. The Hall–Kier alpha value is -3.09. The van der Waals surface area contributed by atoms with Gasteiger partial charge < -0.3 is 5.32 Å². The molecule has 7 heteroatoms. The van der Waals surface area contributed by atoms with Crippen LogP contribution in [0.15, 0.2) is 42.7 Å². The normalized spacial score (nSPS) is 22.8. The number of fused-ring (bicyclic) bond motifs is 2. The Labute approximate surface area is 161 Å². The number of pyridine rings is 1. The highest BCUT2D eigenvalue weighted by molar-refractivity contribution is 6.06. The van der Waals surface area contributed by atoms with Gasteiger partial charge in [0.25, 0.3) is 0 Å². The number of aromatic nitrogens is 3. The molecule has 1 aliphatic heterocycles. The van der Waals surface area contributed by atoms with Gasteiger partial charge in [0.15, 0.2) is 5.82 Å². The Morgan fingerprint density at radius 3 is 2.71 bits per heavy atom. The van der Waals surface area contributed by atoms with E-state index in [2.05, 4.69) is 20.3 Å². The van der Waals surface area contributed by atoms with Crippen molar-refractivity contribution in [3.8, 4) is 0 Å². The second-order valence-electron chi connectivity index (χ2n) is 8.03. The molecule has 1 amide bonds. The third-order valence-corrected chi connectivity index (χ3v) is 5.74. The predicted molar refractivity (Wildman–Crippen MR) is 105 cm³/mol. The van der Waals surface area contributed by atoms with E-state index < -0.39 is 5.41 Å². The lowest BCUT2D eigenvalue weighted by atomic mass is 9.84. The molecule has 0 spiro atoms. The highest BCUT2D eigenvalue weighted by atomic mass is 19.1. The molecule has 1 aromatic carbocycles. The largest absolute Gasteiger partial charge is 0.367 e. The van der Waals surface area contributed by atoms with Crippen LogP contribution in [-0.2, 0) is 10.2 Å².